The summed E-state index contributed by atoms with van der Waals surface area (Å²) in [7, 11) is 1.52. The van der Waals surface area contributed by atoms with Gasteiger partial charge in [-0.2, -0.15) is 0 Å². The van der Waals surface area contributed by atoms with Gasteiger partial charge in [-0.15, -0.1) is 31.7 Å². The monoisotopic (exact) mass is 408 g/mol. The SMILES string of the molecule is CP(C)C.CP(C)C.CP(C)C.CP(C)C.[H-].[H-].[Ru]. The molecule has 0 aromatic heterocycles. The Morgan fingerprint density at radius 3 is 0.353 bits per heavy atom. The van der Waals surface area contributed by atoms with E-state index in [9.17, 15) is 0 Å². The first-order valence-corrected chi connectivity index (χ1v) is 16.1. The Labute approximate surface area is 134 Å². The van der Waals surface area contributed by atoms with Crippen LogP contribution >= 0.6 is 31.7 Å². The van der Waals surface area contributed by atoms with Gasteiger partial charge in [0, 0.05) is 19.5 Å². The molecule has 0 saturated carbocycles. The van der Waals surface area contributed by atoms with E-state index in [4.69, 9.17) is 0 Å². The molecular weight excluding hydrogens is 369 g/mol. The van der Waals surface area contributed by atoms with Crippen molar-refractivity contribution in [2.75, 3.05) is 80.0 Å². The molecule has 0 rings (SSSR count). The fraction of sp³-hybridized carbons (Fsp3) is 1.00. The second kappa shape index (κ2) is 26.8. The van der Waals surface area contributed by atoms with Crippen molar-refractivity contribution in [3.8, 4) is 0 Å². The second-order valence-corrected chi connectivity index (χ2v) is 16.1. The summed E-state index contributed by atoms with van der Waals surface area (Å²) in [5.74, 6) is 0. The molecule has 17 heavy (non-hydrogen) atoms. The van der Waals surface area contributed by atoms with Crippen LogP contribution in [0.5, 0.6) is 0 Å². The van der Waals surface area contributed by atoms with Crippen LogP contribution in [-0.2, 0) is 19.5 Å². The van der Waals surface area contributed by atoms with Crippen LogP contribution in [0.2, 0.25) is 0 Å². The molecule has 0 unspecified atom stereocenters. The van der Waals surface area contributed by atoms with E-state index in [1.54, 1.807) is 0 Å². The van der Waals surface area contributed by atoms with Crippen molar-refractivity contribution < 1.29 is 22.3 Å². The molecule has 0 spiro atoms. The van der Waals surface area contributed by atoms with Crippen LogP contribution < -0.4 is 0 Å². The van der Waals surface area contributed by atoms with Crippen molar-refractivity contribution >= 4 is 31.7 Å². The van der Waals surface area contributed by atoms with Gasteiger partial charge in [0.2, 0.25) is 0 Å². The molecule has 0 aromatic carbocycles. The van der Waals surface area contributed by atoms with Crippen molar-refractivity contribution in [3.05, 3.63) is 0 Å². The van der Waals surface area contributed by atoms with E-state index in [0.717, 1.165) is 0 Å². The summed E-state index contributed by atoms with van der Waals surface area (Å²) in [6.45, 7) is 26.8. The summed E-state index contributed by atoms with van der Waals surface area (Å²) < 4.78 is 0. The minimum absolute atomic E-state index is 0. The van der Waals surface area contributed by atoms with Gasteiger partial charge in [0.15, 0.2) is 0 Å². The Kier molecular flexibility index (Phi) is 49.9. The molecule has 0 amide bonds. The van der Waals surface area contributed by atoms with Crippen LogP contribution in [-0.4, -0.2) is 80.0 Å². The van der Waals surface area contributed by atoms with Gasteiger partial charge in [-0.05, 0) is 80.0 Å². The molecule has 0 aliphatic carbocycles. The van der Waals surface area contributed by atoms with Gasteiger partial charge in [-0.25, -0.2) is 0 Å². The summed E-state index contributed by atoms with van der Waals surface area (Å²) in [5.41, 5.74) is 0. The van der Waals surface area contributed by atoms with Crippen LogP contribution in [0, 0.1) is 0 Å². The number of rotatable bonds is 0. The topological polar surface area (TPSA) is 0 Å². The number of hydrogen-bond acceptors (Lipinski definition) is 0. The molecule has 0 aromatic rings. The molecular formula is C12H38P4Ru-2. The first-order chi connectivity index (χ1) is 6.93. The van der Waals surface area contributed by atoms with Crippen LogP contribution in [0.15, 0.2) is 0 Å². The smallest absolute Gasteiger partial charge is 0 e. The van der Waals surface area contributed by atoms with E-state index < -0.39 is 0 Å². The standard InChI is InChI=1S/4C3H9P.Ru.2H/c4*1-4(2)3;;;/h4*1-3H3;;;/q;;;;;2*-1. The van der Waals surface area contributed by atoms with Gasteiger partial charge in [0.1, 0.15) is 0 Å². The largest absolute Gasteiger partial charge is 1.00 e. The van der Waals surface area contributed by atoms with Gasteiger partial charge in [-0.3, -0.25) is 0 Å². The minimum atomic E-state index is 0. The second-order valence-electron chi connectivity index (χ2n) is 5.37. The minimum Gasteiger partial charge on any atom is -1.00 e. The van der Waals surface area contributed by atoms with Gasteiger partial charge >= 0.3 is 0 Å². The molecule has 0 heterocycles. The van der Waals surface area contributed by atoms with E-state index in [0.29, 0.717) is 31.7 Å². The van der Waals surface area contributed by atoms with Gasteiger partial charge in [0.05, 0.1) is 0 Å². The van der Waals surface area contributed by atoms with Crippen molar-refractivity contribution in [2.45, 2.75) is 0 Å². The van der Waals surface area contributed by atoms with E-state index in [1.807, 2.05) is 0 Å². The van der Waals surface area contributed by atoms with Crippen LogP contribution in [0.3, 0.4) is 0 Å². The number of hydrogen-bond donors (Lipinski definition) is 0. The summed E-state index contributed by atoms with van der Waals surface area (Å²) in [4.78, 5) is 0. The Morgan fingerprint density at radius 1 is 0.353 bits per heavy atom. The maximum absolute atomic E-state index is 2.23. The molecule has 0 saturated heterocycles. The third-order valence-corrected chi connectivity index (χ3v) is 0. The van der Waals surface area contributed by atoms with Crippen molar-refractivity contribution in [2.24, 2.45) is 0 Å². The van der Waals surface area contributed by atoms with Crippen LogP contribution in [0.1, 0.15) is 2.85 Å². The summed E-state index contributed by atoms with van der Waals surface area (Å²) in [6, 6.07) is 0. The summed E-state index contributed by atoms with van der Waals surface area (Å²) >= 11 is 0. The maximum atomic E-state index is 2.23. The molecule has 116 valence electrons. The quantitative estimate of drug-likeness (QED) is 0.359. The normalized spacial score (nSPS) is 8.47. The Morgan fingerprint density at radius 2 is 0.353 bits per heavy atom. The zero-order valence-corrected chi connectivity index (χ0v) is 19.5. The summed E-state index contributed by atoms with van der Waals surface area (Å²) in [5, 5.41) is 0. The maximum Gasteiger partial charge on any atom is 0 e. The van der Waals surface area contributed by atoms with E-state index in [1.165, 1.54) is 0 Å². The molecule has 0 bridgehead atoms. The Hall–Kier alpha value is 2.34. The molecule has 5 heteroatoms. The molecule has 0 aliphatic rings. The Balaban J connectivity index is -0.0000000192. The van der Waals surface area contributed by atoms with Crippen LogP contribution in [0.25, 0.3) is 0 Å². The zero-order valence-electron chi connectivity index (χ0n) is 16.1. The zero-order chi connectivity index (χ0) is 14.3. The van der Waals surface area contributed by atoms with Gasteiger partial charge in [-0.1, -0.05) is 0 Å². The van der Waals surface area contributed by atoms with E-state index in [2.05, 4.69) is 80.0 Å². The summed E-state index contributed by atoms with van der Waals surface area (Å²) in [6.07, 6.45) is 0. The van der Waals surface area contributed by atoms with Gasteiger partial charge in [0.25, 0.3) is 0 Å². The Bertz CT molecular complexity index is 70.7. The van der Waals surface area contributed by atoms with Crippen molar-refractivity contribution in [1.82, 2.24) is 0 Å². The van der Waals surface area contributed by atoms with Crippen molar-refractivity contribution in [1.29, 1.82) is 0 Å². The first kappa shape index (κ1) is 31.6. The predicted octanol–water partition coefficient (Wildman–Crippen LogP) is 5.65. The van der Waals surface area contributed by atoms with Crippen molar-refractivity contribution in [3.63, 3.8) is 0 Å². The molecule has 0 aliphatic heterocycles. The third-order valence-electron chi connectivity index (χ3n) is 0. The molecule has 0 N–H and O–H groups in total. The first-order valence-electron chi connectivity index (χ1n) is 5.37. The van der Waals surface area contributed by atoms with E-state index >= 15 is 0 Å². The molecule has 0 nitrogen and oxygen atoms in total. The van der Waals surface area contributed by atoms with E-state index in [-0.39, 0.29) is 22.3 Å². The molecule has 0 atom stereocenters. The average Bonchev–Trinajstić information content (AvgIpc) is 1.76. The average molecular weight is 407 g/mol. The molecule has 0 radical (unpaired) electrons. The van der Waals surface area contributed by atoms with Gasteiger partial charge < -0.3 is 2.85 Å². The fourth-order valence-corrected chi connectivity index (χ4v) is 0. The fourth-order valence-electron chi connectivity index (χ4n) is 0. The van der Waals surface area contributed by atoms with Crippen LogP contribution in [0.4, 0.5) is 0 Å². The predicted molar refractivity (Wildman–Crippen MR) is 101 cm³/mol. The molecule has 0 fully saturated rings. The third kappa shape index (κ3) is 892.